The average molecular weight is 497 g/mol. The minimum atomic E-state index is -0.197. The van der Waals surface area contributed by atoms with Gasteiger partial charge in [-0.05, 0) is 36.8 Å². The second kappa shape index (κ2) is 9.61. The first kappa shape index (κ1) is 22.1. The Kier molecular flexibility index (Phi) is 6.86. The average Bonchev–Trinajstić information content (AvgIpc) is 3.21. The summed E-state index contributed by atoms with van der Waals surface area (Å²) in [5, 5.41) is 5.18. The van der Waals surface area contributed by atoms with Crippen molar-refractivity contribution in [3.63, 3.8) is 0 Å². The molecular weight excluding hydrogens is 477 g/mol. The van der Waals surface area contributed by atoms with Crippen molar-refractivity contribution in [2.24, 2.45) is 0 Å². The molecule has 2 aromatic carbocycles. The maximum absolute atomic E-state index is 12.8. The van der Waals surface area contributed by atoms with Crippen LogP contribution in [0.25, 0.3) is 0 Å². The van der Waals surface area contributed by atoms with Crippen LogP contribution < -0.4 is 10.2 Å². The van der Waals surface area contributed by atoms with Crippen molar-refractivity contribution >= 4 is 63.2 Å². The van der Waals surface area contributed by atoms with Gasteiger partial charge in [0.15, 0.2) is 0 Å². The fourth-order valence-corrected chi connectivity index (χ4v) is 4.64. The van der Waals surface area contributed by atoms with Crippen LogP contribution >= 0.6 is 46.3 Å². The number of aromatic nitrogens is 2. The highest BCUT2D eigenvalue weighted by molar-refractivity contribution is 7.09. The Labute approximate surface area is 199 Å². The summed E-state index contributed by atoms with van der Waals surface area (Å²) in [6.45, 7) is 3.93. The molecule has 31 heavy (non-hydrogen) atoms. The van der Waals surface area contributed by atoms with Crippen LogP contribution in [0.4, 0.5) is 15.6 Å². The quantitative estimate of drug-likeness (QED) is 0.493. The lowest BCUT2D eigenvalue weighted by atomic mass is 10.1. The molecule has 4 rings (SSSR count). The monoisotopic (exact) mass is 495 g/mol. The molecule has 2 heterocycles. The van der Waals surface area contributed by atoms with Gasteiger partial charge in [0.2, 0.25) is 5.13 Å². The molecule has 10 heteroatoms. The molecule has 1 aromatic heterocycles. The fraction of sp³-hybridized carbons (Fsp3) is 0.286. The Balaban J connectivity index is 1.37. The molecule has 0 spiro atoms. The molecule has 1 aliphatic rings. The van der Waals surface area contributed by atoms with Gasteiger partial charge in [0.1, 0.15) is 5.82 Å². The molecule has 0 radical (unpaired) electrons. The van der Waals surface area contributed by atoms with Gasteiger partial charge >= 0.3 is 6.03 Å². The number of amides is 2. The van der Waals surface area contributed by atoms with E-state index in [1.54, 1.807) is 23.1 Å². The number of anilines is 2. The molecule has 2 amide bonds. The summed E-state index contributed by atoms with van der Waals surface area (Å²) in [6.07, 6.45) is 0.659. The molecule has 1 N–H and O–H groups in total. The van der Waals surface area contributed by atoms with Crippen LogP contribution in [-0.4, -0.2) is 46.0 Å². The third-order valence-corrected chi connectivity index (χ3v) is 6.97. The normalized spacial score (nSPS) is 16.5. The number of carbonyl (C=O) groups is 1. The van der Waals surface area contributed by atoms with Gasteiger partial charge in [0.05, 0.1) is 15.7 Å². The predicted octanol–water partition coefficient (Wildman–Crippen LogP) is 5.83. The maximum atomic E-state index is 12.8. The lowest BCUT2D eigenvalue weighted by Gasteiger charge is -2.39. The molecular formula is C21H20Cl3N5OS. The Morgan fingerprint density at radius 2 is 1.94 bits per heavy atom. The molecule has 3 aromatic rings. The second-order valence-corrected chi connectivity index (χ2v) is 9.27. The number of rotatable bonds is 4. The van der Waals surface area contributed by atoms with E-state index >= 15 is 0 Å². The number of urea groups is 1. The van der Waals surface area contributed by atoms with E-state index in [0.717, 1.165) is 16.5 Å². The van der Waals surface area contributed by atoms with Crippen LogP contribution in [-0.2, 0) is 6.42 Å². The van der Waals surface area contributed by atoms with Crippen molar-refractivity contribution in [3.05, 3.63) is 68.9 Å². The molecule has 6 nitrogen and oxygen atoms in total. The fourth-order valence-electron chi connectivity index (χ4n) is 3.45. The number of benzene rings is 2. The van der Waals surface area contributed by atoms with E-state index in [0.29, 0.717) is 46.8 Å². The van der Waals surface area contributed by atoms with Crippen molar-refractivity contribution in [3.8, 4) is 0 Å². The lowest BCUT2D eigenvalue weighted by Crippen LogP contribution is -2.55. The van der Waals surface area contributed by atoms with E-state index in [1.807, 2.05) is 31.2 Å². The van der Waals surface area contributed by atoms with Gasteiger partial charge in [-0.25, -0.2) is 9.78 Å². The van der Waals surface area contributed by atoms with Gasteiger partial charge in [-0.2, -0.15) is 4.37 Å². The first-order valence-electron chi connectivity index (χ1n) is 9.74. The van der Waals surface area contributed by atoms with E-state index in [9.17, 15) is 4.79 Å². The highest BCUT2D eigenvalue weighted by Crippen LogP contribution is 2.30. The molecule has 1 saturated heterocycles. The van der Waals surface area contributed by atoms with E-state index in [4.69, 9.17) is 39.8 Å². The summed E-state index contributed by atoms with van der Waals surface area (Å²) < 4.78 is 4.50. The number of hydrogen-bond acceptors (Lipinski definition) is 5. The highest BCUT2D eigenvalue weighted by atomic mass is 35.5. The Hall–Kier alpha value is -2.06. The molecule has 1 fully saturated rings. The van der Waals surface area contributed by atoms with E-state index in [2.05, 4.69) is 14.6 Å². The lowest BCUT2D eigenvalue weighted by molar-refractivity contribution is 0.185. The van der Waals surface area contributed by atoms with E-state index in [1.165, 1.54) is 11.5 Å². The topological polar surface area (TPSA) is 61.4 Å². The largest absolute Gasteiger partial charge is 0.343 e. The van der Waals surface area contributed by atoms with Crippen LogP contribution in [0, 0.1) is 0 Å². The van der Waals surface area contributed by atoms with Gasteiger partial charge in [-0.15, -0.1) is 0 Å². The summed E-state index contributed by atoms with van der Waals surface area (Å²) >= 11 is 19.6. The summed E-state index contributed by atoms with van der Waals surface area (Å²) in [4.78, 5) is 21.4. The second-order valence-electron chi connectivity index (χ2n) is 7.32. The van der Waals surface area contributed by atoms with Crippen LogP contribution in [0.15, 0.2) is 42.5 Å². The number of hydrogen-bond donors (Lipinski definition) is 1. The molecule has 1 atom stereocenters. The van der Waals surface area contributed by atoms with Crippen molar-refractivity contribution in [1.82, 2.24) is 14.3 Å². The SMILES string of the molecule is CC1CN(c2nc(Cc3ccc(Cl)cc3)ns2)CCN1C(=O)Nc1cccc(Cl)c1Cl. The first-order chi connectivity index (χ1) is 14.9. The minimum Gasteiger partial charge on any atom is -0.343 e. The number of piperazine rings is 1. The zero-order valence-corrected chi connectivity index (χ0v) is 19.8. The summed E-state index contributed by atoms with van der Waals surface area (Å²) in [6, 6.07) is 12.7. The van der Waals surface area contributed by atoms with E-state index < -0.39 is 0 Å². The smallest absolute Gasteiger partial charge is 0.322 e. The zero-order valence-electron chi connectivity index (χ0n) is 16.7. The standard InChI is InChI=1S/C21H20Cl3N5OS/c1-13-12-28(21-26-18(27-31-21)11-14-5-7-15(22)8-6-14)9-10-29(13)20(30)25-17-4-2-3-16(23)19(17)24/h2-8,13H,9-12H2,1H3,(H,25,30). The van der Waals surface area contributed by atoms with Gasteiger partial charge in [0.25, 0.3) is 0 Å². The molecule has 1 aliphatic heterocycles. The zero-order chi connectivity index (χ0) is 22.0. The molecule has 162 valence electrons. The Morgan fingerprint density at radius 3 is 2.68 bits per heavy atom. The first-order valence-corrected chi connectivity index (χ1v) is 11.6. The van der Waals surface area contributed by atoms with Gasteiger partial charge < -0.3 is 15.1 Å². The van der Waals surface area contributed by atoms with E-state index in [-0.39, 0.29) is 12.1 Å². The predicted molar refractivity (Wildman–Crippen MR) is 128 cm³/mol. The van der Waals surface area contributed by atoms with Crippen molar-refractivity contribution in [2.45, 2.75) is 19.4 Å². The molecule has 0 saturated carbocycles. The van der Waals surface area contributed by atoms with Crippen LogP contribution in [0.3, 0.4) is 0 Å². The van der Waals surface area contributed by atoms with Crippen LogP contribution in [0.2, 0.25) is 15.1 Å². The summed E-state index contributed by atoms with van der Waals surface area (Å²) in [5.41, 5.74) is 1.62. The van der Waals surface area contributed by atoms with Crippen molar-refractivity contribution < 1.29 is 4.79 Å². The number of carbonyl (C=O) groups excluding carboxylic acids is 1. The van der Waals surface area contributed by atoms with Crippen LogP contribution in [0.1, 0.15) is 18.3 Å². The Bertz CT molecular complexity index is 1080. The summed E-state index contributed by atoms with van der Waals surface area (Å²) in [7, 11) is 0. The third kappa shape index (κ3) is 5.23. The third-order valence-electron chi connectivity index (χ3n) is 5.08. The highest BCUT2D eigenvalue weighted by Gasteiger charge is 2.29. The van der Waals surface area contributed by atoms with Crippen LogP contribution in [0.5, 0.6) is 0 Å². The van der Waals surface area contributed by atoms with Crippen molar-refractivity contribution in [2.75, 3.05) is 29.9 Å². The molecule has 0 aliphatic carbocycles. The minimum absolute atomic E-state index is 0.00433. The molecule has 0 bridgehead atoms. The molecule has 1 unspecified atom stereocenters. The van der Waals surface area contributed by atoms with Gasteiger partial charge in [-0.1, -0.05) is 53.0 Å². The number of nitrogens with one attached hydrogen (secondary N) is 1. The summed E-state index contributed by atoms with van der Waals surface area (Å²) in [5.74, 6) is 0.783. The van der Waals surface area contributed by atoms with Crippen molar-refractivity contribution in [1.29, 1.82) is 0 Å². The van der Waals surface area contributed by atoms with Gasteiger partial charge in [-0.3, -0.25) is 0 Å². The van der Waals surface area contributed by atoms with Gasteiger partial charge in [0, 0.05) is 48.7 Å². The Morgan fingerprint density at radius 1 is 1.16 bits per heavy atom. The number of nitrogens with zero attached hydrogens (tertiary/aromatic N) is 4. The maximum Gasteiger partial charge on any atom is 0.322 e. The number of halogens is 3.